The Morgan fingerprint density at radius 2 is 2.33 bits per heavy atom. The standard InChI is InChI=1S/C9H14OSSi/c1-12(2,8-4-6-10)9-5-3-7-11-9/h3-5,7-8,10H,6H2,1-2H3/b8-4+. The Kier molecular flexibility index (Phi) is 3.26. The Bertz CT molecular complexity index is 252. The normalized spacial score (nSPS) is 12.6. The first-order valence-electron chi connectivity index (χ1n) is 3.99. The highest BCUT2D eigenvalue weighted by atomic mass is 32.1. The first-order chi connectivity index (χ1) is 5.67. The molecule has 3 heteroatoms. The van der Waals surface area contributed by atoms with E-state index in [1.54, 1.807) is 0 Å². The number of hydrogen-bond donors (Lipinski definition) is 1. The largest absolute Gasteiger partial charge is 0.392 e. The van der Waals surface area contributed by atoms with Crippen LogP contribution in [0.1, 0.15) is 0 Å². The lowest BCUT2D eigenvalue weighted by molar-refractivity contribution is 0.343. The van der Waals surface area contributed by atoms with Gasteiger partial charge in [-0.05, 0) is 9.88 Å². The Labute approximate surface area is 78.4 Å². The molecule has 12 heavy (non-hydrogen) atoms. The van der Waals surface area contributed by atoms with Crippen molar-refractivity contribution in [1.82, 2.24) is 0 Å². The minimum absolute atomic E-state index is 0.155. The Balaban J connectivity index is 2.79. The van der Waals surface area contributed by atoms with Gasteiger partial charge < -0.3 is 5.11 Å². The number of aliphatic hydroxyl groups is 1. The zero-order chi connectivity index (χ0) is 9.03. The fraction of sp³-hybridized carbons (Fsp3) is 0.333. The summed E-state index contributed by atoms with van der Waals surface area (Å²) in [7, 11) is -1.37. The predicted octanol–water partition coefficient (Wildman–Crippen LogP) is 1.75. The molecule has 0 saturated carbocycles. The van der Waals surface area contributed by atoms with Crippen LogP contribution in [0.15, 0.2) is 29.3 Å². The Morgan fingerprint density at radius 3 is 2.83 bits per heavy atom. The summed E-state index contributed by atoms with van der Waals surface area (Å²) >= 11 is 1.81. The highest BCUT2D eigenvalue weighted by Gasteiger charge is 2.20. The molecule has 0 aliphatic heterocycles. The number of thiophene rings is 1. The number of aliphatic hydroxyl groups excluding tert-OH is 1. The summed E-state index contributed by atoms with van der Waals surface area (Å²) in [6, 6.07) is 4.26. The second-order valence-corrected chi connectivity index (χ2v) is 8.91. The topological polar surface area (TPSA) is 20.2 Å². The van der Waals surface area contributed by atoms with Gasteiger partial charge in [0.05, 0.1) is 6.61 Å². The van der Waals surface area contributed by atoms with E-state index in [0.717, 1.165) is 0 Å². The molecule has 0 unspecified atom stereocenters. The van der Waals surface area contributed by atoms with Gasteiger partial charge in [0, 0.05) is 0 Å². The average molecular weight is 198 g/mol. The maximum absolute atomic E-state index is 8.67. The molecule has 1 aromatic heterocycles. The summed E-state index contributed by atoms with van der Waals surface area (Å²) < 4.78 is 1.47. The van der Waals surface area contributed by atoms with Crippen molar-refractivity contribution in [3.63, 3.8) is 0 Å². The summed E-state index contributed by atoms with van der Waals surface area (Å²) in [4.78, 5) is 0. The van der Waals surface area contributed by atoms with Crippen molar-refractivity contribution in [3.05, 3.63) is 29.3 Å². The first kappa shape index (κ1) is 9.70. The van der Waals surface area contributed by atoms with E-state index in [1.165, 1.54) is 4.50 Å². The molecule has 0 atom stereocenters. The van der Waals surface area contributed by atoms with Crippen LogP contribution in [0.25, 0.3) is 0 Å². The first-order valence-corrected chi connectivity index (χ1v) is 7.95. The van der Waals surface area contributed by atoms with Crippen LogP contribution in [0.3, 0.4) is 0 Å². The minimum atomic E-state index is -1.37. The second kappa shape index (κ2) is 4.03. The van der Waals surface area contributed by atoms with E-state index in [2.05, 4.69) is 36.3 Å². The quantitative estimate of drug-likeness (QED) is 0.734. The van der Waals surface area contributed by atoms with E-state index in [9.17, 15) is 0 Å². The lowest BCUT2D eigenvalue weighted by Gasteiger charge is -2.14. The van der Waals surface area contributed by atoms with E-state index in [4.69, 9.17) is 5.11 Å². The molecule has 0 radical (unpaired) electrons. The van der Waals surface area contributed by atoms with Crippen molar-refractivity contribution in [1.29, 1.82) is 0 Å². The fourth-order valence-electron chi connectivity index (χ4n) is 1.07. The summed E-state index contributed by atoms with van der Waals surface area (Å²) in [6.07, 6.45) is 1.85. The lowest BCUT2D eigenvalue weighted by atomic mass is 10.7. The minimum Gasteiger partial charge on any atom is -0.392 e. The van der Waals surface area contributed by atoms with E-state index >= 15 is 0 Å². The van der Waals surface area contributed by atoms with Crippen molar-refractivity contribution >= 4 is 23.9 Å². The third-order valence-corrected chi connectivity index (χ3v) is 6.92. The highest BCUT2D eigenvalue weighted by Crippen LogP contribution is 2.08. The third-order valence-electron chi connectivity index (χ3n) is 1.80. The molecule has 1 N–H and O–H groups in total. The molecule has 0 aromatic carbocycles. The lowest BCUT2D eigenvalue weighted by Crippen LogP contribution is -2.37. The van der Waals surface area contributed by atoms with Crippen molar-refractivity contribution in [2.45, 2.75) is 13.1 Å². The van der Waals surface area contributed by atoms with Crippen LogP contribution < -0.4 is 4.50 Å². The van der Waals surface area contributed by atoms with Gasteiger partial charge in [-0.15, -0.1) is 0 Å². The van der Waals surface area contributed by atoms with Crippen LogP contribution in [0.5, 0.6) is 0 Å². The molecule has 0 bridgehead atoms. The van der Waals surface area contributed by atoms with Crippen molar-refractivity contribution < 1.29 is 5.11 Å². The Hall–Kier alpha value is -0.383. The summed E-state index contributed by atoms with van der Waals surface area (Å²) in [5.41, 5.74) is 2.18. The van der Waals surface area contributed by atoms with Gasteiger partial charge in [0.15, 0.2) is 0 Å². The Morgan fingerprint density at radius 1 is 1.58 bits per heavy atom. The fourth-order valence-corrected chi connectivity index (χ4v) is 4.54. The third kappa shape index (κ3) is 2.30. The average Bonchev–Trinajstić information content (AvgIpc) is 2.53. The maximum atomic E-state index is 8.67. The zero-order valence-electron chi connectivity index (χ0n) is 7.45. The van der Waals surface area contributed by atoms with Crippen molar-refractivity contribution in [3.8, 4) is 0 Å². The molecular weight excluding hydrogens is 184 g/mol. The van der Waals surface area contributed by atoms with Crippen LogP contribution in [-0.4, -0.2) is 19.8 Å². The number of rotatable bonds is 3. The van der Waals surface area contributed by atoms with Gasteiger partial charge in [0.25, 0.3) is 0 Å². The van der Waals surface area contributed by atoms with E-state index in [-0.39, 0.29) is 6.61 Å². The van der Waals surface area contributed by atoms with Gasteiger partial charge in [-0.2, -0.15) is 11.3 Å². The summed E-state index contributed by atoms with van der Waals surface area (Å²) in [5, 5.41) is 10.8. The highest BCUT2D eigenvalue weighted by molar-refractivity contribution is 7.26. The molecule has 0 aliphatic rings. The van der Waals surface area contributed by atoms with E-state index < -0.39 is 8.07 Å². The van der Waals surface area contributed by atoms with Crippen LogP contribution in [-0.2, 0) is 0 Å². The molecule has 0 amide bonds. The second-order valence-electron chi connectivity index (χ2n) is 3.28. The van der Waals surface area contributed by atoms with Crippen LogP contribution in [0.4, 0.5) is 0 Å². The van der Waals surface area contributed by atoms with Gasteiger partial charge in [-0.1, -0.05) is 37.0 Å². The smallest absolute Gasteiger partial charge is 0.116 e. The van der Waals surface area contributed by atoms with Gasteiger partial charge in [-0.3, -0.25) is 0 Å². The molecule has 1 rings (SSSR count). The zero-order valence-corrected chi connectivity index (χ0v) is 9.27. The molecule has 0 saturated heterocycles. The summed E-state index contributed by atoms with van der Waals surface area (Å²) in [5.74, 6) is 0. The monoisotopic (exact) mass is 198 g/mol. The molecule has 0 fully saturated rings. The van der Waals surface area contributed by atoms with Gasteiger partial charge in [0.2, 0.25) is 0 Å². The predicted molar refractivity (Wildman–Crippen MR) is 57.7 cm³/mol. The molecule has 66 valence electrons. The maximum Gasteiger partial charge on any atom is 0.116 e. The molecule has 1 heterocycles. The summed E-state index contributed by atoms with van der Waals surface area (Å²) in [6.45, 7) is 4.72. The van der Waals surface area contributed by atoms with E-state index in [0.29, 0.717) is 0 Å². The molecule has 1 nitrogen and oxygen atoms in total. The molecular formula is C9H14OSSi. The van der Waals surface area contributed by atoms with Crippen molar-refractivity contribution in [2.24, 2.45) is 0 Å². The molecule has 0 aliphatic carbocycles. The molecule has 0 spiro atoms. The van der Waals surface area contributed by atoms with Gasteiger partial charge in [0.1, 0.15) is 8.07 Å². The van der Waals surface area contributed by atoms with Gasteiger partial charge >= 0.3 is 0 Å². The van der Waals surface area contributed by atoms with E-state index in [1.807, 2.05) is 17.4 Å². The van der Waals surface area contributed by atoms with Crippen LogP contribution in [0, 0.1) is 0 Å². The SMILES string of the molecule is C[Si](C)(/C=C/CO)c1cccs1. The van der Waals surface area contributed by atoms with Crippen LogP contribution >= 0.6 is 11.3 Å². The van der Waals surface area contributed by atoms with Gasteiger partial charge in [-0.25, -0.2) is 0 Å². The van der Waals surface area contributed by atoms with Crippen molar-refractivity contribution in [2.75, 3.05) is 6.61 Å². The van der Waals surface area contributed by atoms with Crippen LogP contribution in [0.2, 0.25) is 13.1 Å². The molecule has 1 aromatic rings. The number of hydrogen-bond acceptors (Lipinski definition) is 2.